The highest BCUT2D eigenvalue weighted by Crippen LogP contribution is 2.40. The minimum Gasteiger partial charge on any atom is -0.493 e. The Hall–Kier alpha value is -3.16. The second-order valence-electron chi connectivity index (χ2n) is 7.95. The van der Waals surface area contributed by atoms with Crippen molar-refractivity contribution in [3.63, 3.8) is 0 Å². The number of rotatable bonds is 9. The molecule has 0 fully saturated rings. The van der Waals surface area contributed by atoms with Crippen molar-refractivity contribution in [3.8, 4) is 11.5 Å². The molecule has 0 N–H and O–H groups in total. The van der Waals surface area contributed by atoms with Crippen LogP contribution in [0.5, 0.6) is 11.5 Å². The number of carbonyl (C=O) groups excluding carboxylic acids is 1. The number of esters is 1. The molecule has 0 spiro atoms. The molecule has 0 amide bonds. The van der Waals surface area contributed by atoms with Crippen molar-refractivity contribution in [2.75, 3.05) is 26.9 Å². The predicted molar refractivity (Wildman–Crippen MR) is 136 cm³/mol. The molecule has 4 rings (SSSR count). The number of thiophene rings is 1. The molecule has 6 nitrogen and oxygen atoms in total. The molecule has 0 unspecified atom stereocenters. The molecule has 34 heavy (non-hydrogen) atoms. The van der Waals surface area contributed by atoms with Gasteiger partial charge >= 0.3 is 5.97 Å². The van der Waals surface area contributed by atoms with Crippen LogP contribution in [0, 0.1) is 0 Å². The number of methoxy groups -OCH3 is 1. The van der Waals surface area contributed by atoms with Gasteiger partial charge in [-0.05, 0) is 55.2 Å². The topological polar surface area (TPSA) is 60.4 Å². The molecule has 0 bridgehead atoms. The van der Waals surface area contributed by atoms with Gasteiger partial charge in [0.1, 0.15) is 5.00 Å². The summed E-state index contributed by atoms with van der Waals surface area (Å²) in [5.41, 5.74) is 3.84. The highest BCUT2D eigenvalue weighted by molar-refractivity contribution is 7.16. The summed E-state index contributed by atoms with van der Waals surface area (Å²) < 4.78 is 16.4. The highest BCUT2D eigenvalue weighted by Gasteiger charge is 2.28. The first-order valence-electron chi connectivity index (χ1n) is 11.6. The number of hydrogen-bond acceptors (Lipinski definition) is 7. The Balaban J connectivity index is 1.61. The largest absolute Gasteiger partial charge is 0.493 e. The Labute approximate surface area is 204 Å². The summed E-state index contributed by atoms with van der Waals surface area (Å²) >= 11 is 1.58. The SMILES string of the molecule is CCOC(=O)c1c(N=Cc2ccc(OC)c(OCC)c2)sc2c1CCN(Cc1ccccc1)C2. The first kappa shape index (κ1) is 24.0. The molecule has 1 aliphatic rings. The lowest BCUT2D eigenvalue weighted by Crippen LogP contribution is -2.29. The summed E-state index contributed by atoms with van der Waals surface area (Å²) in [5, 5.41) is 0.693. The van der Waals surface area contributed by atoms with E-state index in [2.05, 4.69) is 29.2 Å². The van der Waals surface area contributed by atoms with Gasteiger partial charge in [0.15, 0.2) is 11.5 Å². The zero-order valence-corrected chi connectivity index (χ0v) is 20.7. The Morgan fingerprint density at radius 2 is 1.94 bits per heavy atom. The van der Waals surface area contributed by atoms with E-state index in [1.165, 1.54) is 10.4 Å². The smallest absolute Gasteiger partial charge is 0.341 e. The van der Waals surface area contributed by atoms with Gasteiger partial charge in [-0.1, -0.05) is 30.3 Å². The Kier molecular flexibility index (Phi) is 7.98. The molecule has 2 aromatic carbocycles. The molecular formula is C27H30N2O4S. The summed E-state index contributed by atoms with van der Waals surface area (Å²) in [4.78, 5) is 21.2. The number of hydrogen-bond donors (Lipinski definition) is 0. The van der Waals surface area contributed by atoms with Crippen LogP contribution in [0.25, 0.3) is 0 Å². The maximum absolute atomic E-state index is 12.9. The summed E-state index contributed by atoms with van der Waals surface area (Å²) in [6.07, 6.45) is 2.57. The van der Waals surface area contributed by atoms with Crippen LogP contribution in [-0.2, 0) is 24.2 Å². The average molecular weight is 479 g/mol. The van der Waals surface area contributed by atoms with Crippen LogP contribution in [0.2, 0.25) is 0 Å². The Morgan fingerprint density at radius 1 is 1.12 bits per heavy atom. The van der Waals surface area contributed by atoms with E-state index in [9.17, 15) is 4.79 Å². The number of benzene rings is 2. The summed E-state index contributed by atoms with van der Waals surface area (Å²) in [6, 6.07) is 16.1. The van der Waals surface area contributed by atoms with E-state index in [0.717, 1.165) is 37.2 Å². The van der Waals surface area contributed by atoms with Crippen LogP contribution in [0.3, 0.4) is 0 Å². The fraction of sp³-hybridized carbons (Fsp3) is 0.333. The molecule has 0 saturated heterocycles. The van der Waals surface area contributed by atoms with E-state index in [1.807, 2.05) is 38.1 Å². The predicted octanol–water partition coefficient (Wildman–Crippen LogP) is 5.64. The summed E-state index contributed by atoms with van der Waals surface area (Å²) in [5.74, 6) is 1.05. The third-order valence-electron chi connectivity index (χ3n) is 5.66. The molecule has 2 heterocycles. The third-order valence-corrected chi connectivity index (χ3v) is 6.79. The van der Waals surface area contributed by atoms with Gasteiger partial charge < -0.3 is 14.2 Å². The van der Waals surface area contributed by atoms with Crippen molar-refractivity contribution in [2.24, 2.45) is 4.99 Å². The first-order chi connectivity index (χ1) is 16.6. The number of aliphatic imine (C=N–C) groups is 1. The number of ether oxygens (including phenoxy) is 3. The molecular weight excluding hydrogens is 448 g/mol. The van der Waals surface area contributed by atoms with Crippen molar-refractivity contribution in [3.05, 3.63) is 75.7 Å². The molecule has 7 heteroatoms. The van der Waals surface area contributed by atoms with Crippen LogP contribution < -0.4 is 9.47 Å². The van der Waals surface area contributed by atoms with Crippen LogP contribution in [-0.4, -0.2) is 44.0 Å². The zero-order chi connectivity index (χ0) is 23.9. The number of carbonyl (C=O) groups is 1. The third kappa shape index (κ3) is 5.48. The molecule has 0 saturated carbocycles. The van der Waals surface area contributed by atoms with Crippen LogP contribution in [0.4, 0.5) is 5.00 Å². The van der Waals surface area contributed by atoms with Crippen molar-refractivity contribution in [1.29, 1.82) is 0 Å². The lowest BCUT2D eigenvalue weighted by atomic mass is 10.0. The van der Waals surface area contributed by atoms with E-state index in [0.29, 0.717) is 35.3 Å². The fourth-order valence-corrected chi connectivity index (χ4v) is 5.32. The monoisotopic (exact) mass is 478 g/mol. The lowest BCUT2D eigenvalue weighted by molar-refractivity contribution is 0.0526. The van der Waals surface area contributed by atoms with E-state index in [1.54, 1.807) is 24.7 Å². The van der Waals surface area contributed by atoms with Gasteiger partial charge in [-0.2, -0.15) is 0 Å². The Bertz CT molecular complexity index is 1160. The molecule has 178 valence electrons. The van der Waals surface area contributed by atoms with Gasteiger partial charge in [-0.15, -0.1) is 11.3 Å². The first-order valence-corrected chi connectivity index (χ1v) is 12.4. The normalized spacial score (nSPS) is 13.6. The maximum Gasteiger partial charge on any atom is 0.341 e. The molecule has 0 atom stereocenters. The average Bonchev–Trinajstić information content (AvgIpc) is 3.21. The maximum atomic E-state index is 12.9. The van der Waals surface area contributed by atoms with Crippen molar-refractivity contribution in [1.82, 2.24) is 4.90 Å². The van der Waals surface area contributed by atoms with Crippen molar-refractivity contribution in [2.45, 2.75) is 33.4 Å². The van der Waals surface area contributed by atoms with E-state index >= 15 is 0 Å². The van der Waals surface area contributed by atoms with Gasteiger partial charge in [0.05, 0.1) is 25.9 Å². The second-order valence-corrected chi connectivity index (χ2v) is 9.04. The minimum absolute atomic E-state index is 0.298. The van der Waals surface area contributed by atoms with Gasteiger partial charge in [-0.25, -0.2) is 9.79 Å². The second kappa shape index (κ2) is 11.3. The number of nitrogens with zero attached hydrogens (tertiary/aromatic N) is 2. The summed E-state index contributed by atoms with van der Waals surface area (Å²) in [6.45, 7) is 7.22. The molecule has 0 aliphatic carbocycles. The molecule has 0 radical (unpaired) electrons. The van der Waals surface area contributed by atoms with Gasteiger partial charge in [0, 0.05) is 30.7 Å². The molecule has 1 aromatic heterocycles. The summed E-state index contributed by atoms with van der Waals surface area (Å²) in [7, 11) is 1.62. The number of fused-ring (bicyclic) bond motifs is 1. The van der Waals surface area contributed by atoms with Gasteiger partial charge in [0.25, 0.3) is 0 Å². The van der Waals surface area contributed by atoms with Crippen LogP contribution in [0.15, 0.2) is 53.5 Å². The van der Waals surface area contributed by atoms with Crippen molar-refractivity contribution >= 4 is 28.5 Å². The quantitative estimate of drug-likeness (QED) is 0.294. The van der Waals surface area contributed by atoms with E-state index < -0.39 is 0 Å². The lowest BCUT2D eigenvalue weighted by Gasteiger charge is -2.27. The van der Waals surface area contributed by atoms with Crippen molar-refractivity contribution < 1.29 is 19.0 Å². The van der Waals surface area contributed by atoms with Gasteiger partial charge in [0.2, 0.25) is 0 Å². The fourth-order valence-electron chi connectivity index (χ4n) is 4.10. The van der Waals surface area contributed by atoms with E-state index in [4.69, 9.17) is 19.2 Å². The van der Waals surface area contributed by atoms with Crippen LogP contribution >= 0.6 is 11.3 Å². The molecule has 1 aliphatic heterocycles. The molecule has 3 aromatic rings. The minimum atomic E-state index is -0.298. The highest BCUT2D eigenvalue weighted by atomic mass is 32.1. The Morgan fingerprint density at radius 3 is 2.68 bits per heavy atom. The van der Waals surface area contributed by atoms with E-state index in [-0.39, 0.29) is 5.97 Å². The zero-order valence-electron chi connectivity index (χ0n) is 19.9. The van der Waals surface area contributed by atoms with Gasteiger partial charge in [-0.3, -0.25) is 4.90 Å². The standard InChI is InChI=1S/C27H30N2O4S/c1-4-32-23-15-20(11-12-22(23)31-3)16-28-26-25(27(30)33-5-2)21-13-14-29(18-24(21)34-26)17-19-9-7-6-8-10-19/h6-12,15-16H,4-5,13-14,17-18H2,1-3H3. The van der Waals surface area contributed by atoms with Crippen LogP contribution in [0.1, 0.15) is 45.8 Å².